The van der Waals surface area contributed by atoms with Gasteiger partial charge in [-0.2, -0.15) is 18.2 Å². The number of anilines is 3. The van der Waals surface area contributed by atoms with Crippen molar-refractivity contribution in [3.8, 4) is 0 Å². The van der Waals surface area contributed by atoms with Crippen LogP contribution in [-0.2, 0) is 12.7 Å². The van der Waals surface area contributed by atoms with Crippen LogP contribution in [-0.4, -0.2) is 9.97 Å². The summed E-state index contributed by atoms with van der Waals surface area (Å²) >= 11 is 0. The highest BCUT2D eigenvalue weighted by Gasteiger charge is 2.30. The molecule has 0 bridgehead atoms. The van der Waals surface area contributed by atoms with Gasteiger partial charge in [0.15, 0.2) is 0 Å². The van der Waals surface area contributed by atoms with Gasteiger partial charge in [-0.1, -0.05) is 35.9 Å². The Morgan fingerprint density at radius 2 is 1.67 bits per heavy atom. The number of hydrogen-bond donors (Lipinski definition) is 2. The first-order chi connectivity index (χ1) is 12.8. The maximum absolute atomic E-state index is 12.9. The third-order valence-electron chi connectivity index (χ3n) is 3.89. The second-order valence-electron chi connectivity index (χ2n) is 6.26. The Balaban J connectivity index is 1.74. The van der Waals surface area contributed by atoms with E-state index in [-0.39, 0.29) is 11.6 Å². The fourth-order valence-corrected chi connectivity index (χ4v) is 2.52. The Morgan fingerprint density at radius 1 is 0.926 bits per heavy atom. The second-order valence-corrected chi connectivity index (χ2v) is 6.26. The summed E-state index contributed by atoms with van der Waals surface area (Å²) in [5.41, 5.74) is 2.54. The average molecular weight is 372 g/mol. The summed E-state index contributed by atoms with van der Waals surface area (Å²) < 4.78 is 38.6. The number of benzene rings is 2. The Bertz CT molecular complexity index is 921. The smallest absolute Gasteiger partial charge is 0.366 e. The number of halogens is 3. The van der Waals surface area contributed by atoms with Gasteiger partial charge in [-0.05, 0) is 37.6 Å². The van der Waals surface area contributed by atoms with E-state index < -0.39 is 11.7 Å². The largest absolute Gasteiger partial charge is 0.416 e. The normalized spacial score (nSPS) is 11.3. The Hall–Kier alpha value is -3.09. The molecule has 140 valence electrons. The molecule has 27 heavy (non-hydrogen) atoms. The second kappa shape index (κ2) is 7.65. The number of nitrogens with one attached hydrogen (secondary N) is 2. The van der Waals surface area contributed by atoms with E-state index in [1.54, 1.807) is 19.1 Å². The lowest BCUT2D eigenvalue weighted by molar-refractivity contribution is -0.137. The molecule has 0 aliphatic heterocycles. The number of rotatable bonds is 5. The molecule has 0 saturated heterocycles. The maximum Gasteiger partial charge on any atom is 0.416 e. The minimum absolute atomic E-state index is 0.237. The first kappa shape index (κ1) is 18.7. The number of hydrogen-bond acceptors (Lipinski definition) is 4. The molecule has 4 nitrogen and oxygen atoms in total. The minimum Gasteiger partial charge on any atom is -0.366 e. The highest BCUT2D eigenvalue weighted by Crippen LogP contribution is 2.31. The van der Waals surface area contributed by atoms with Gasteiger partial charge in [0, 0.05) is 24.0 Å². The van der Waals surface area contributed by atoms with Crippen LogP contribution in [0.3, 0.4) is 0 Å². The number of aryl methyl sites for hydroxylation is 2. The van der Waals surface area contributed by atoms with Crippen molar-refractivity contribution in [1.82, 2.24) is 9.97 Å². The Labute approximate surface area is 155 Å². The molecule has 0 radical (unpaired) electrons. The summed E-state index contributed by atoms with van der Waals surface area (Å²) in [6.45, 7) is 4.41. The molecule has 3 rings (SSSR count). The molecule has 0 amide bonds. The molecule has 0 saturated carbocycles. The van der Waals surface area contributed by atoms with Crippen LogP contribution in [0.1, 0.15) is 22.4 Å². The van der Waals surface area contributed by atoms with Crippen molar-refractivity contribution < 1.29 is 13.2 Å². The monoisotopic (exact) mass is 372 g/mol. The van der Waals surface area contributed by atoms with E-state index in [2.05, 4.69) is 20.6 Å². The molecular weight excluding hydrogens is 353 g/mol. The molecule has 0 spiro atoms. The molecule has 3 aromatic rings. The van der Waals surface area contributed by atoms with Crippen LogP contribution in [0.25, 0.3) is 0 Å². The van der Waals surface area contributed by atoms with Gasteiger partial charge < -0.3 is 10.6 Å². The van der Waals surface area contributed by atoms with Crippen molar-refractivity contribution in [2.24, 2.45) is 0 Å². The minimum atomic E-state index is -4.40. The topological polar surface area (TPSA) is 49.8 Å². The van der Waals surface area contributed by atoms with Gasteiger partial charge in [-0.25, -0.2) is 4.98 Å². The highest BCUT2D eigenvalue weighted by atomic mass is 19.4. The van der Waals surface area contributed by atoms with Crippen LogP contribution >= 0.6 is 0 Å². The lowest BCUT2D eigenvalue weighted by Crippen LogP contribution is -2.07. The van der Waals surface area contributed by atoms with E-state index in [4.69, 9.17) is 0 Å². The van der Waals surface area contributed by atoms with Gasteiger partial charge in [0.05, 0.1) is 5.56 Å². The Morgan fingerprint density at radius 3 is 2.37 bits per heavy atom. The van der Waals surface area contributed by atoms with Crippen molar-refractivity contribution >= 4 is 17.5 Å². The zero-order valence-electron chi connectivity index (χ0n) is 14.9. The molecule has 0 atom stereocenters. The zero-order valence-corrected chi connectivity index (χ0v) is 14.9. The Kier molecular flexibility index (Phi) is 5.30. The number of aromatic nitrogens is 2. The fourth-order valence-electron chi connectivity index (χ4n) is 2.52. The average Bonchev–Trinajstić information content (AvgIpc) is 2.60. The van der Waals surface area contributed by atoms with Gasteiger partial charge in [0.1, 0.15) is 5.82 Å². The molecule has 0 unspecified atom stereocenters. The lowest BCUT2D eigenvalue weighted by atomic mass is 10.1. The van der Waals surface area contributed by atoms with Crippen LogP contribution < -0.4 is 10.6 Å². The van der Waals surface area contributed by atoms with Gasteiger partial charge in [-0.15, -0.1) is 0 Å². The molecule has 7 heteroatoms. The zero-order chi connectivity index (χ0) is 19.4. The molecule has 1 aromatic heterocycles. The third kappa shape index (κ3) is 5.20. The van der Waals surface area contributed by atoms with Crippen molar-refractivity contribution in [2.45, 2.75) is 26.6 Å². The first-order valence-electron chi connectivity index (χ1n) is 8.39. The molecule has 2 N–H and O–H groups in total. The summed E-state index contributed by atoms with van der Waals surface area (Å²) in [6.07, 6.45) is -4.40. The van der Waals surface area contributed by atoms with Crippen molar-refractivity contribution in [1.29, 1.82) is 0 Å². The predicted molar refractivity (Wildman–Crippen MR) is 100 cm³/mol. The fraction of sp³-hybridized carbons (Fsp3) is 0.200. The summed E-state index contributed by atoms with van der Waals surface area (Å²) in [5, 5.41) is 6.05. The van der Waals surface area contributed by atoms with Crippen LogP contribution in [0.5, 0.6) is 0 Å². The van der Waals surface area contributed by atoms with E-state index in [1.807, 2.05) is 31.2 Å². The van der Waals surface area contributed by atoms with E-state index in [0.29, 0.717) is 18.1 Å². The molecule has 0 aliphatic rings. The summed E-state index contributed by atoms with van der Waals surface area (Å²) in [4.78, 5) is 8.58. The molecular formula is C20H19F3N4. The van der Waals surface area contributed by atoms with Crippen molar-refractivity contribution in [3.05, 3.63) is 77.0 Å². The van der Waals surface area contributed by atoms with E-state index in [0.717, 1.165) is 17.7 Å². The summed E-state index contributed by atoms with van der Waals surface area (Å²) in [5.74, 6) is 0.832. The first-order valence-corrected chi connectivity index (χ1v) is 8.39. The highest BCUT2D eigenvalue weighted by molar-refractivity contribution is 5.56. The molecule has 0 aliphatic carbocycles. The molecule has 1 heterocycles. The molecule has 2 aromatic carbocycles. The van der Waals surface area contributed by atoms with Gasteiger partial charge in [0.2, 0.25) is 5.95 Å². The quantitative estimate of drug-likeness (QED) is 0.624. The number of nitrogens with zero attached hydrogens (tertiary/aromatic N) is 2. The van der Waals surface area contributed by atoms with E-state index in [1.165, 1.54) is 11.6 Å². The predicted octanol–water partition coefficient (Wildman–Crippen LogP) is 5.47. The van der Waals surface area contributed by atoms with Crippen LogP contribution in [0.15, 0.2) is 54.6 Å². The summed E-state index contributed by atoms with van der Waals surface area (Å²) in [7, 11) is 0. The van der Waals surface area contributed by atoms with E-state index in [9.17, 15) is 13.2 Å². The van der Waals surface area contributed by atoms with Crippen molar-refractivity contribution in [3.63, 3.8) is 0 Å². The molecule has 0 fully saturated rings. The third-order valence-corrected chi connectivity index (χ3v) is 3.89. The van der Waals surface area contributed by atoms with Crippen molar-refractivity contribution in [2.75, 3.05) is 10.6 Å². The van der Waals surface area contributed by atoms with Crippen LogP contribution in [0, 0.1) is 13.8 Å². The van der Waals surface area contributed by atoms with Crippen LogP contribution in [0.4, 0.5) is 30.6 Å². The van der Waals surface area contributed by atoms with Gasteiger partial charge in [-0.3, -0.25) is 0 Å². The standard InChI is InChI=1S/C20H19F3N4/c1-13-6-8-15(9-7-13)12-24-18-10-14(2)25-19(27-18)26-17-5-3-4-16(11-17)20(21,22)23/h3-11H,12H2,1-2H3,(H2,24,25,26,27). The van der Waals surface area contributed by atoms with Crippen LogP contribution in [0.2, 0.25) is 0 Å². The SMILES string of the molecule is Cc1ccc(CNc2cc(C)nc(Nc3cccc(C(F)(F)F)c3)n2)cc1. The maximum atomic E-state index is 12.9. The number of alkyl halides is 3. The summed E-state index contributed by atoms with van der Waals surface area (Å²) in [6, 6.07) is 14.8. The van der Waals surface area contributed by atoms with E-state index >= 15 is 0 Å². The van der Waals surface area contributed by atoms with Gasteiger partial charge >= 0.3 is 6.18 Å². The van der Waals surface area contributed by atoms with Gasteiger partial charge in [0.25, 0.3) is 0 Å². The lowest BCUT2D eigenvalue weighted by Gasteiger charge is -2.12.